The van der Waals surface area contributed by atoms with E-state index in [0.717, 1.165) is 0 Å². The average Bonchev–Trinajstić information content (AvgIpc) is 2.43. The first-order chi connectivity index (χ1) is 6.24. The van der Waals surface area contributed by atoms with Crippen molar-refractivity contribution in [3.05, 3.63) is 34.9 Å². The largest absolute Gasteiger partial charge is 0.388 e. The Kier molecular flexibility index (Phi) is 1.64. The number of nitriles is 1. The van der Waals surface area contributed by atoms with E-state index in [1.165, 1.54) is 0 Å². The summed E-state index contributed by atoms with van der Waals surface area (Å²) >= 11 is 0. The number of ketones is 1. The maximum absolute atomic E-state index is 11.3. The lowest BCUT2D eigenvalue weighted by Crippen LogP contribution is -1.94. The van der Waals surface area contributed by atoms with Crippen LogP contribution in [0.4, 0.5) is 0 Å². The minimum absolute atomic E-state index is 0.0837. The Bertz CT molecular complexity index is 417. The molecule has 0 radical (unpaired) electrons. The summed E-state index contributed by atoms with van der Waals surface area (Å²) in [6.45, 7) is 0. The van der Waals surface area contributed by atoms with Gasteiger partial charge in [0.05, 0.1) is 17.7 Å². The van der Waals surface area contributed by atoms with E-state index >= 15 is 0 Å². The van der Waals surface area contributed by atoms with Gasteiger partial charge >= 0.3 is 0 Å². The molecular formula is C10H7NO2. The van der Waals surface area contributed by atoms with Gasteiger partial charge in [0.15, 0.2) is 5.78 Å². The first-order valence-electron chi connectivity index (χ1n) is 3.98. The number of benzene rings is 1. The Labute approximate surface area is 75.2 Å². The summed E-state index contributed by atoms with van der Waals surface area (Å²) in [7, 11) is 0. The van der Waals surface area contributed by atoms with E-state index in [0.29, 0.717) is 16.7 Å². The zero-order valence-electron chi connectivity index (χ0n) is 6.82. The number of fused-ring (bicyclic) bond motifs is 1. The number of nitrogens with zero attached hydrogens (tertiary/aromatic N) is 1. The van der Waals surface area contributed by atoms with Crippen LogP contribution in [-0.4, -0.2) is 10.9 Å². The summed E-state index contributed by atoms with van der Waals surface area (Å²) in [5.41, 5.74) is 1.39. The molecule has 0 amide bonds. The first-order valence-corrected chi connectivity index (χ1v) is 3.98. The van der Waals surface area contributed by atoms with Crippen LogP contribution in [0.5, 0.6) is 0 Å². The molecule has 2 rings (SSSR count). The third-order valence-electron chi connectivity index (χ3n) is 2.24. The van der Waals surface area contributed by atoms with Gasteiger partial charge in [0.25, 0.3) is 0 Å². The fourth-order valence-electron chi connectivity index (χ4n) is 1.65. The van der Waals surface area contributed by atoms with Crippen molar-refractivity contribution in [3.8, 4) is 6.07 Å². The van der Waals surface area contributed by atoms with Gasteiger partial charge < -0.3 is 5.11 Å². The van der Waals surface area contributed by atoms with Gasteiger partial charge in [-0.25, -0.2) is 0 Å². The molecule has 64 valence electrons. The number of rotatable bonds is 0. The van der Waals surface area contributed by atoms with Gasteiger partial charge in [0.2, 0.25) is 0 Å². The minimum atomic E-state index is -0.793. The highest BCUT2D eigenvalue weighted by Gasteiger charge is 2.29. The Hall–Kier alpha value is -1.66. The first kappa shape index (κ1) is 7.96. The predicted octanol–water partition coefficient (Wildman–Crippen LogP) is 1.18. The maximum Gasteiger partial charge on any atom is 0.166 e. The lowest BCUT2D eigenvalue weighted by molar-refractivity contribution is 0.0930. The van der Waals surface area contributed by atoms with Gasteiger partial charge in [0, 0.05) is 17.5 Å². The Morgan fingerprint density at radius 2 is 2.31 bits per heavy atom. The van der Waals surface area contributed by atoms with Crippen molar-refractivity contribution < 1.29 is 9.90 Å². The van der Waals surface area contributed by atoms with Crippen molar-refractivity contribution >= 4 is 5.78 Å². The van der Waals surface area contributed by atoms with E-state index in [-0.39, 0.29) is 12.2 Å². The van der Waals surface area contributed by atoms with Gasteiger partial charge in [0.1, 0.15) is 0 Å². The Morgan fingerprint density at radius 1 is 1.54 bits per heavy atom. The van der Waals surface area contributed by atoms with Crippen LogP contribution in [0.3, 0.4) is 0 Å². The van der Waals surface area contributed by atoms with Crippen LogP contribution < -0.4 is 0 Å². The molecule has 1 aliphatic rings. The van der Waals surface area contributed by atoms with E-state index in [1.54, 1.807) is 18.2 Å². The standard InChI is InChI=1S/C10H7NO2/c11-5-6-2-1-3-7-8(12)4-9(13)10(6)7/h1-3,9,13H,4H2. The quantitative estimate of drug-likeness (QED) is 0.640. The summed E-state index contributed by atoms with van der Waals surface area (Å²) in [5, 5.41) is 18.2. The number of hydrogen-bond donors (Lipinski definition) is 1. The van der Waals surface area contributed by atoms with Crippen LogP contribution in [-0.2, 0) is 0 Å². The van der Waals surface area contributed by atoms with Crippen LogP contribution >= 0.6 is 0 Å². The molecule has 1 N–H and O–H groups in total. The number of aliphatic hydroxyl groups excluding tert-OH is 1. The van der Waals surface area contributed by atoms with Crippen LogP contribution in [0.1, 0.15) is 34.0 Å². The lowest BCUT2D eigenvalue weighted by Gasteiger charge is -2.03. The molecule has 0 heterocycles. The van der Waals surface area contributed by atoms with Gasteiger partial charge in [-0.15, -0.1) is 0 Å². The van der Waals surface area contributed by atoms with Crippen molar-refractivity contribution in [2.45, 2.75) is 12.5 Å². The second-order valence-electron chi connectivity index (χ2n) is 3.02. The van der Waals surface area contributed by atoms with Crippen LogP contribution in [0, 0.1) is 11.3 Å². The van der Waals surface area contributed by atoms with Crippen LogP contribution in [0.2, 0.25) is 0 Å². The van der Waals surface area contributed by atoms with Crippen molar-refractivity contribution in [1.29, 1.82) is 5.26 Å². The van der Waals surface area contributed by atoms with Gasteiger partial charge in [-0.2, -0.15) is 5.26 Å². The molecule has 0 saturated carbocycles. The highest BCUT2D eigenvalue weighted by atomic mass is 16.3. The highest BCUT2D eigenvalue weighted by molar-refractivity contribution is 6.01. The molecule has 1 aromatic rings. The molecule has 0 bridgehead atoms. The van der Waals surface area contributed by atoms with Crippen LogP contribution in [0.25, 0.3) is 0 Å². The fourth-order valence-corrected chi connectivity index (χ4v) is 1.65. The van der Waals surface area contributed by atoms with Crippen molar-refractivity contribution in [1.82, 2.24) is 0 Å². The molecule has 13 heavy (non-hydrogen) atoms. The number of Topliss-reactive ketones (excluding diaryl/α,β-unsaturated/α-hetero) is 1. The minimum Gasteiger partial charge on any atom is -0.388 e. The van der Waals surface area contributed by atoms with Gasteiger partial charge in [-0.3, -0.25) is 4.79 Å². The number of hydrogen-bond acceptors (Lipinski definition) is 3. The van der Waals surface area contributed by atoms with Crippen molar-refractivity contribution in [2.75, 3.05) is 0 Å². The smallest absolute Gasteiger partial charge is 0.166 e. The molecule has 1 atom stereocenters. The predicted molar refractivity (Wildman–Crippen MR) is 45.1 cm³/mol. The summed E-state index contributed by atoms with van der Waals surface area (Å²) in [6, 6.07) is 6.89. The number of aliphatic hydroxyl groups is 1. The fraction of sp³-hybridized carbons (Fsp3) is 0.200. The summed E-state index contributed by atoms with van der Waals surface area (Å²) < 4.78 is 0. The van der Waals surface area contributed by atoms with Crippen molar-refractivity contribution in [2.24, 2.45) is 0 Å². The molecule has 0 fully saturated rings. The summed E-state index contributed by atoms with van der Waals surface area (Å²) in [5.74, 6) is -0.0837. The summed E-state index contributed by atoms with van der Waals surface area (Å²) in [6.07, 6.45) is -0.688. The van der Waals surface area contributed by atoms with Crippen molar-refractivity contribution in [3.63, 3.8) is 0 Å². The van der Waals surface area contributed by atoms with E-state index in [2.05, 4.69) is 0 Å². The van der Waals surface area contributed by atoms with Gasteiger partial charge in [-0.05, 0) is 6.07 Å². The molecule has 1 unspecified atom stereocenters. The van der Waals surface area contributed by atoms with E-state index in [4.69, 9.17) is 5.26 Å². The van der Waals surface area contributed by atoms with E-state index < -0.39 is 6.10 Å². The molecule has 1 aromatic carbocycles. The third-order valence-corrected chi connectivity index (χ3v) is 2.24. The second-order valence-corrected chi connectivity index (χ2v) is 3.02. The number of carbonyl (C=O) groups is 1. The molecule has 0 saturated heterocycles. The number of carbonyl (C=O) groups excluding carboxylic acids is 1. The molecular weight excluding hydrogens is 166 g/mol. The molecule has 0 aromatic heterocycles. The Balaban J connectivity index is 2.70. The zero-order chi connectivity index (χ0) is 9.42. The lowest BCUT2D eigenvalue weighted by atomic mass is 10.0. The normalized spacial score (nSPS) is 19.7. The third kappa shape index (κ3) is 1.04. The van der Waals surface area contributed by atoms with E-state index in [1.807, 2.05) is 6.07 Å². The molecule has 1 aliphatic carbocycles. The topological polar surface area (TPSA) is 61.1 Å². The average molecular weight is 173 g/mol. The summed E-state index contributed by atoms with van der Waals surface area (Å²) in [4.78, 5) is 11.3. The molecule has 3 nitrogen and oxygen atoms in total. The second kappa shape index (κ2) is 2.68. The van der Waals surface area contributed by atoms with Gasteiger partial charge in [-0.1, -0.05) is 12.1 Å². The highest BCUT2D eigenvalue weighted by Crippen LogP contribution is 2.32. The Morgan fingerprint density at radius 3 is 3.00 bits per heavy atom. The zero-order valence-corrected chi connectivity index (χ0v) is 6.82. The monoisotopic (exact) mass is 173 g/mol. The van der Waals surface area contributed by atoms with E-state index in [9.17, 15) is 9.90 Å². The molecule has 0 aliphatic heterocycles. The van der Waals surface area contributed by atoms with Crippen LogP contribution in [0.15, 0.2) is 18.2 Å². The SMILES string of the molecule is N#Cc1cccc2c1C(O)CC2=O. The molecule has 3 heteroatoms. The molecule has 0 spiro atoms. The maximum atomic E-state index is 11.3.